The zero-order valence-corrected chi connectivity index (χ0v) is 51.0. The Morgan fingerprint density at radius 1 is 0.209 bits per heavy atom. The van der Waals surface area contributed by atoms with Gasteiger partial charge in [0.05, 0.1) is 0 Å². The van der Waals surface area contributed by atoms with Gasteiger partial charge in [0.1, 0.15) is 0 Å². The number of benzene rings is 12. The SMILES string of the molecule is Cc1ccc(N(c2ccc3c(c2)C(C)(C)c2ccccc2-3)c2ccc3c(c2)C(C)(C)c2cc(-c4ccc(-c5ccc6c(c5)C(C)(C)c5cc(N(c7ccc(C)cc7)c7ccc8c(c7)C(C)(C)c7ccccc7-8)ccc5-6)c5ccccc45)ccc2-3)cc1. The summed E-state index contributed by atoms with van der Waals surface area (Å²) in [5.74, 6) is 0. The monoisotopic (exact) mass is 1110 g/mol. The van der Waals surface area contributed by atoms with Gasteiger partial charge in [0.25, 0.3) is 0 Å². The van der Waals surface area contributed by atoms with Crippen molar-refractivity contribution < 1.29 is 0 Å². The fourth-order valence-corrected chi connectivity index (χ4v) is 15.8. The first kappa shape index (κ1) is 52.1. The van der Waals surface area contributed by atoms with Gasteiger partial charge in [0, 0.05) is 55.8 Å². The molecule has 2 heteroatoms. The van der Waals surface area contributed by atoms with E-state index in [-0.39, 0.29) is 21.7 Å². The molecule has 0 spiro atoms. The van der Waals surface area contributed by atoms with Crippen LogP contribution in [0.1, 0.15) is 111 Å². The molecule has 0 heterocycles. The quantitative estimate of drug-likeness (QED) is 0.150. The average molecular weight is 1110 g/mol. The second kappa shape index (κ2) is 18.5. The highest BCUT2D eigenvalue weighted by molar-refractivity contribution is 6.06. The van der Waals surface area contributed by atoms with Crippen LogP contribution in [0.15, 0.2) is 243 Å². The topological polar surface area (TPSA) is 6.48 Å². The summed E-state index contributed by atoms with van der Waals surface area (Å²) in [7, 11) is 0. The molecule has 0 unspecified atom stereocenters. The molecule has 0 saturated carbocycles. The lowest BCUT2D eigenvalue weighted by Crippen LogP contribution is -2.18. The standard InChI is InChI=1S/C84H70N2/c1-51-23-29-55(30-24-51)85(57-33-39-69-65-19-13-15-21-73(65)81(3,4)77(69)47-57)59-35-41-71-67-37-27-53(45-75(67)83(7,8)79(71)49-59)61-43-44-62(64-18-12-11-17-63(61)64)54-28-38-68-72-42-36-60(50-80(72)84(9,10)76(68)46-54)86(56-31-25-52(2)26-32-56)58-34-40-70-66-20-14-16-22-74(66)82(5,6)78(70)48-58/h11-50H,1-10H3. The maximum Gasteiger partial charge on any atom is 0.0465 e. The number of fused-ring (bicyclic) bond motifs is 13. The Morgan fingerprint density at radius 2 is 0.453 bits per heavy atom. The highest BCUT2D eigenvalue weighted by Crippen LogP contribution is 2.57. The normalized spacial score (nSPS) is 15.2. The van der Waals surface area contributed by atoms with Crippen molar-refractivity contribution in [2.75, 3.05) is 9.80 Å². The highest BCUT2D eigenvalue weighted by atomic mass is 15.1. The fraction of sp³-hybridized carbons (Fsp3) is 0.167. The van der Waals surface area contributed by atoms with E-state index in [2.05, 4.69) is 322 Å². The van der Waals surface area contributed by atoms with Gasteiger partial charge in [-0.3, -0.25) is 0 Å². The summed E-state index contributed by atoms with van der Waals surface area (Å²) in [5, 5.41) is 2.52. The Kier molecular flexibility index (Phi) is 11.2. The van der Waals surface area contributed by atoms with Crippen LogP contribution >= 0.6 is 0 Å². The summed E-state index contributed by atoms with van der Waals surface area (Å²) in [4.78, 5) is 4.93. The first-order valence-corrected chi connectivity index (χ1v) is 30.8. The lowest BCUT2D eigenvalue weighted by molar-refractivity contribution is 0.660. The number of anilines is 6. The largest absolute Gasteiger partial charge is 0.310 e. The van der Waals surface area contributed by atoms with Crippen LogP contribution in [0.4, 0.5) is 34.1 Å². The van der Waals surface area contributed by atoms with Crippen LogP contribution in [-0.4, -0.2) is 0 Å². The van der Waals surface area contributed by atoms with Gasteiger partial charge in [0.2, 0.25) is 0 Å². The van der Waals surface area contributed by atoms with Gasteiger partial charge in [-0.1, -0.05) is 224 Å². The van der Waals surface area contributed by atoms with Crippen LogP contribution in [0, 0.1) is 13.8 Å². The minimum absolute atomic E-state index is 0.104. The van der Waals surface area contributed by atoms with E-state index in [0.717, 1.165) is 11.4 Å². The summed E-state index contributed by atoms with van der Waals surface area (Å²) in [5.41, 5.74) is 35.3. The molecule has 416 valence electrons. The summed E-state index contributed by atoms with van der Waals surface area (Å²) in [6.07, 6.45) is 0. The second-order valence-corrected chi connectivity index (χ2v) is 27.1. The van der Waals surface area contributed by atoms with Crippen molar-refractivity contribution in [2.24, 2.45) is 0 Å². The van der Waals surface area contributed by atoms with Crippen molar-refractivity contribution in [3.8, 4) is 66.8 Å². The molecule has 0 aromatic heterocycles. The van der Waals surface area contributed by atoms with Crippen LogP contribution in [0.25, 0.3) is 77.5 Å². The lowest BCUT2D eigenvalue weighted by atomic mass is 9.80. The smallest absolute Gasteiger partial charge is 0.0465 e. The van der Waals surface area contributed by atoms with E-state index in [1.807, 2.05) is 0 Å². The van der Waals surface area contributed by atoms with Crippen LogP contribution in [0.2, 0.25) is 0 Å². The molecule has 2 nitrogen and oxygen atoms in total. The molecule has 0 bridgehead atoms. The number of aryl methyl sites for hydroxylation is 2. The van der Waals surface area contributed by atoms with Gasteiger partial charge in [-0.15, -0.1) is 0 Å². The van der Waals surface area contributed by atoms with E-state index in [1.165, 1.54) is 156 Å². The molecule has 86 heavy (non-hydrogen) atoms. The molecule has 0 atom stereocenters. The van der Waals surface area contributed by atoms with Gasteiger partial charge in [-0.2, -0.15) is 0 Å². The molecule has 12 aromatic carbocycles. The first-order chi connectivity index (χ1) is 41.5. The maximum absolute atomic E-state index is 2.49. The van der Waals surface area contributed by atoms with Gasteiger partial charge in [-0.05, 0) is 221 Å². The Bertz CT molecular complexity index is 4530. The van der Waals surface area contributed by atoms with Crippen LogP contribution in [0.5, 0.6) is 0 Å². The molecule has 16 rings (SSSR count). The van der Waals surface area contributed by atoms with Crippen molar-refractivity contribution in [3.05, 3.63) is 298 Å². The van der Waals surface area contributed by atoms with E-state index < -0.39 is 0 Å². The third kappa shape index (κ3) is 7.58. The van der Waals surface area contributed by atoms with Crippen LogP contribution in [0.3, 0.4) is 0 Å². The molecule has 0 aliphatic heterocycles. The van der Waals surface area contributed by atoms with Crippen LogP contribution in [-0.2, 0) is 21.7 Å². The van der Waals surface area contributed by atoms with Gasteiger partial charge < -0.3 is 9.80 Å². The molecule has 0 radical (unpaired) electrons. The van der Waals surface area contributed by atoms with Crippen molar-refractivity contribution in [1.29, 1.82) is 0 Å². The van der Waals surface area contributed by atoms with Gasteiger partial charge in [-0.25, -0.2) is 0 Å². The number of hydrogen-bond donors (Lipinski definition) is 0. The van der Waals surface area contributed by atoms with Crippen molar-refractivity contribution >= 4 is 44.9 Å². The Balaban J connectivity index is 0.728. The molecule has 0 N–H and O–H groups in total. The number of rotatable bonds is 8. The fourth-order valence-electron chi connectivity index (χ4n) is 15.8. The van der Waals surface area contributed by atoms with Crippen molar-refractivity contribution in [1.82, 2.24) is 0 Å². The van der Waals surface area contributed by atoms with Crippen LogP contribution < -0.4 is 9.80 Å². The average Bonchev–Trinajstić information content (AvgIpc) is 1.63. The third-order valence-corrected chi connectivity index (χ3v) is 20.6. The molecule has 4 aliphatic rings. The van der Waals surface area contributed by atoms with Gasteiger partial charge >= 0.3 is 0 Å². The Hall–Kier alpha value is -9.50. The molecule has 0 amide bonds. The molecule has 12 aromatic rings. The van der Waals surface area contributed by atoms with Crippen molar-refractivity contribution in [3.63, 3.8) is 0 Å². The van der Waals surface area contributed by atoms with Gasteiger partial charge in [0.15, 0.2) is 0 Å². The number of hydrogen-bond acceptors (Lipinski definition) is 2. The molecular weight excluding hydrogens is 1040 g/mol. The lowest BCUT2D eigenvalue weighted by Gasteiger charge is -2.30. The second-order valence-electron chi connectivity index (χ2n) is 27.1. The zero-order chi connectivity index (χ0) is 58.8. The summed E-state index contributed by atoms with van der Waals surface area (Å²) >= 11 is 0. The van der Waals surface area contributed by atoms with E-state index in [4.69, 9.17) is 0 Å². The maximum atomic E-state index is 2.49. The summed E-state index contributed by atoms with van der Waals surface area (Å²) in [6.45, 7) is 23.5. The zero-order valence-electron chi connectivity index (χ0n) is 51.0. The minimum Gasteiger partial charge on any atom is -0.310 e. The first-order valence-electron chi connectivity index (χ1n) is 30.8. The third-order valence-electron chi connectivity index (χ3n) is 20.6. The molecule has 0 fully saturated rings. The predicted octanol–water partition coefficient (Wildman–Crippen LogP) is 23.0. The number of nitrogens with zero attached hydrogens (tertiary/aromatic N) is 2. The van der Waals surface area contributed by atoms with Crippen molar-refractivity contribution in [2.45, 2.75) is 90.9 Å². The minimum atomic E-state index is -0.243. The van der Waals surface area contributed by atoms with E-state index in [1.54, 1.807) is 0 Å². The van der Waals surface area contributed by atoms with E-state index in [0.29, 0.717) is 0 Å². The Morgan fingerprint density at radius 3 is 0.791 bits per heavy atom. The Labute approximate surface area is 507 Å². The molecule has 0 saturated heterocycles. The molecular formula is C84H70N2. The summed E-state index contributed by atoms with van der Waals surface area (Å²) < 4.78 is 0. The summed E-state index contributed by atoms with van der Waals surface area (Å²) in [6, 6.07) is 92.7. The highest BCUT2D eigenvalue weighted by Gasteiger charge is 2.41. The molecule has 4 aliphatic carbocycles. The van der Waals surface area contributed by atoms with E-state index >= 15 is 0 Å². The van der Waals surface area contributed by atoms with E-state index in [9.17, 15) is 0 Å². The predicted molar refractivity (Wildman–Crippen MR) is 364 cm³/mol.